The molecule has 0 unspecified atom stereocenters. The van der Waals surface area contributed by atoms with Crippen LogP contribution in [0.1, 0.15) is 20.3 Å². The first-order valence-electron chi connectivity index (χ1n) is 3.79. The Hall–Kier alpha value is -0.120. The van der Waals surface area contributed by atoms with Crippen molar-refractivity contribution in [2.75, 3.05) is 19.6 Å². The molecular weight excluding hydrogens is 130 g/mol. The first-order chi connectivity index (χ1) is 4.70. The summed E-state index contributed by atoms with van der Waals surface area (Å²) in [6.07, 6.45) is -0.132. The Labute approximate surface area is 62.3 Å². The lowest BCUT2D eigenvalue weighted by Crippen LogP contribution is -2.32. The molecule has 2 N–H and O–H groups in total. The van der Waals surface area contributed by atoms with Crippen molar-refractivity contribution in [1.29, 1.82) is 0 Å². The molecule has 0 aromatic rings. The maximum Gasteiger partial charge on any atom is 0.164 e. The highest BCUT2D eigenvalue weighted by Gasteiger charge is 2.04. The molecule has 0 aromatic heterocycles. The fraction of sp³-hybridized carbons (Fsp3) is 1.00. The normalized spacial score (nSPS) is 11.4. The highest BCUT2D eigenvalue weighted by Crippen LogP contribution is 1.91. The molecule has 0 atom stereocenters. The van der Waals surface area contributed by atoms with Crippen molar-refractivity contribution < 1.29 is 10.2 Å². The maximum absolute atomic E-state index is 8.59. The molecule has 0 saturated carbocycles. The summed E-state index contributed by atoms with van der Waals surface area (Å²) >= 11 is 0. The monoisotopic (exact) mass is 147 g/mol. The molecule has 0 aliphatic carbocycles. The van der Waals surface area contributed by atoms with Crippen LogP contribution in [0.5, 0.6) is 0 Å². The van der Waals surface area contributed by atoms with Crippen molar-refractivity contribution in [1.82, 2.24) is 4.90 Å². The minimum atomic E-state index is -1.19. The Balaban J connectivity index is 3.39. The number of rotatable bonds is 5. The van der Waals surface area contributed by atoms with Gasteiger partial charge in [-0.1, -0.05) is 13.8 Å². The van der Waals surface area contributed by atoms with Gasteiger partial charge in [-0.15, -0.1) is 0 Å². The summed E-state index contributed by atoms with van der Waals surface area (Å²) in [5.41, 5.74) is 0. The van der Waals surface area contributed by atoms with Gasteiger partial charge in [0.05, 0.1) is 0 Å². The highest BCUT2D eigenvalue weighted by molar-refractivity contribution is 4.53. The molecule has 3 nitrogen and oxygen atoms in total. The first-order valence-corrected chi connectivity index (χ1v) is 3.79. The molecule has 0 amide bonds. The number of aliphatic hydroxyl groups is 2. The summed E-state index contributed by atoms with van der Waals surface area (Å²) in [5.74, 6) is 0. The zero-order valence-corrected chi connectivity index (χ0v) is 6.75. The van der Waals surface area contributed by atoms with Crippen LogP contribution in [-0.2, 0) is 0 Å². The van der Waals surface area contributed by atoms with E-state index in [4.69, 9.17) is 10.2 Å². The summed E-state index contributed by atoms with van der Waals surface area (Å²) in [5, 5.41) is 17.2. The molecule has 10 heavy (non-hydrogen) atoms. The second kappa shape index (κ2) is 5.65. The third kappa shape index (κ3) is 4.73. The van der Waals surface area contributed by atoms with Crippen molar-refractivity contribution in [2.24, 2.45) is 0 Å². The summed E-state index contributed by atoms with van der Waals surface area (Å²) in [4.78, 5) is 2.00. The standard InChI is InChI=1S/C7H17NO2/c1-3-5-8(4-2)6-7(9)10/h7,9-10H,3-6H2,1-2H3. The van der Waals surface area contributed by atoms with Gasteiger partial charge in [0.25, 0.3) is 0 Å². The number of aliphatic hydroxyl groups excluding tert-OH is 1. The average Bonchev–Trinajstić information content (AvgIpc) is 1.86. The van der Waals surface area contributed by atoms with Crippen molar-refractivity contribution in [3.8, 4) is 0 Å². The zero-order valence-electron chi connectivity index (χ0n) is 6.75. The zero-order chi connectivity index (χ0) is 7.98. The number of hydrogen-bond acceptors (Lipinski definition) is 3. The van der Waals surface area contributed by atoms with Crippen LogP contribution in [0.3, 0.4) is 0 Å². The van der Waals surface area contributed by atoms with E-state index in [-0.39, 0.29) is 0 Å². The predicted molar refractivity (Wildman–Crippen MR) is 40.6 cm³/mol. The van der Waals surface area contributed by atoms with E-state index in [0.29, 0.717) is 6.54 Å². The Kier molecular flexibility index (Phi) is 5.58. The quantitative estimate of drug-likeness (QED) is 0.539. The Morgan fingerprint density at radius 3 is 2.20 bits per heavy atom. The molecule has 0 saturated heterocycles. The smallest absolute Gasteiger partial charge is 0.164 e. The van der Waals surface area contributed by atoms with E-state index in [0.717, 1.165) is 19.5 Å². The van der Waals surface area contributed by atoms with Crippen molar-refractivity contribution in [2.45, 2.75) is 26.6 Å². The maximum atomic E-state index is 8.59. The van der Waals surface area contributed by atoms with Gasteiger partial charge in [-0.05, 0) is 19.5 Å². The first kappa shape index (κ1) is 9.88. The molecule has 0 spiro atoms. The van der Waals surface area contributed by atoms with Crippen molar-refractivity contribution in [3.05, 3.63) is 0 Å². The van der Waals surface area contributed by atoms with Crippen molar-refractivity contribution >= 4 is 0 Å². The van der Waals surface area contributed by atoms with E-state index in [1.165, 1.54) is 0 Å². The van der Waals surface area contributed by atoms with E-state index >= 15 is 0 Å². The van der Waals surface area contributed by atoms with Gasteiger partial charge in [0.15, 0.2) is 6.29 Å². The lowest BCUT2D eigenvalue weighted by Gasteiger charge is -2.19. The lowest BCUT2D eigenvalue weighted by molar-refractivity contribution is -0.0604. The summed E-state index contributed by atoms with van der Waals surface area (Å²) < 4.78 is 0. The molecule has 0 radical (unpaired) electrons. The minimum Gasteiger partial charge on any atom is -0.367 e. The Morgan fingerprint density at radius 1 is 1.30 bits per heavy atom. The molecule has 0 heterocycles. The van der Waals surface area contributed by atoms with E-state index in [2.05, 4.69) is 6.92 Å². The molecule has 0 aromatic carbocycles. The van der Waals surface area contributed by atoms with Gasteiger partial charge in [-0.2, -0.15) is 0 Å². The molecule has 0 fully saturated rings. The topological polar surface area (TPSA) is 43.7 Å². The fourth-order valence-corrected chi connectivity index (χ4v) is 0.926. The van der Waals surface area contributed by atoms with Crippen LogP contribution in [0.2, 0.25) is 0 Å². The molecule has 0 aliphatic heterocycles. The molecular formula is C7H17NO2. The third-order valence-corrected chi connectivity index (χ3v) is 1.41. The van der Waals surface area contributed by atoms with Gasteiger partial charge in [0, 0.05) is 6.54 Å². The second-order valence-corrected chi connectivity index (χ2v) is 2.37. The van der Waals surface area contributed by atoms with E-state index in [1.54, 1.807) is 0 Å². The molecule has 0 rings (SSSR count). The van der Waals surface area contributed by atoms with Crippen LogP contribution in [0.25, 0.3) is 0 Å². The second-order valence-electron chi connectivity index (χ2n) is 2.37. The SMILES string of the molecule is CCCN(CC)CC(O)O. The van der Waals surface area contributed by atoms with Crippen molar-refractivity contribution in [3.63, 3.8) is 0 Å². The summed E-state index contributed by atoms with van der Waals surface area (Å²) in [6, 6.07) is 0. The van der Waals surface area contributed by atoms with E-state index in [9.17, 15) is 0 Å². The van der Waals surface area contributed by atoms with Crippen LogP contribution in [0, 0.1) is 0 Å². The average molecular weight is 147 g/mol. The lowest BCUT2D eigenvalue weighted by atomic mass is 10.4. The van der Waals surface area contributed by atoms with Gasteiger partial charge in [-0.25, -0.2) is 0 Å². The van der Waals surface area contributed by atoms with Gasteiger partial charge in [0.1, 0.15) is 0 Å². The summed E-state index contributed by atoms with van der Waals surface area (Å²) in [6.45, 7) is 6.27. The fourth-order valence-electron chi connectivity index (χ4n) is 0.926. The largest absolute Gasteiger partial charge is 0.367 e. The van der Waals surface area contributed by atoms with Crippen LogP contribution < -0.4 is 0 Å². The predicted octanol–water partition coefficient (Wildman–Crippen LogP) is 0.0290. The van der Waals surface area contributed by atoms with Crippen LogP contribution in [0.15, 0.2) is 0 Å². The third-order valence-electron chi connectivity index (χ3n) is 1.41. The molecule has 0 bridgehead atoms. The number of nitrogens with zero attached hydrogens (tertiary/aromatic N) is 1. The van der Waals surface area contributed by atoms with Crippen LogP contribution in [0.4, 0.5) is 0 Å². The van der Waals surface area contributed by atoms with Crippen LogP contribution >= 0.6 is 0 Å². The van der Waals surface area contributed by atoms with Gasteiger partial charge in [-0.3, -0.25) is 4.90 Å². The van der Waals surface area contributed by atoms with Gasteiger partial charge < -0.3 is 10.2 Å². The molecule has 62 valence electrons. The van der Waals surface area contributed by atoms with Gasteiger partial charge in [0.2, 0.25) is 0 Å². The summed E-state index contributed by atoms with van der Waals surface area (Å²) in [7, 11) is 0. The number of likely N-dealkylation sites (N-methyl/N-ethyl adjacent to an activating group) is 1. The Bertz CT molecular complexity index is 76.0. The molecule has 0 aliphatic rings. The number of hydrogen-bond donors (Lipinski definition) is 2. The van der Waals surface area contributed by atoms with E-state index < -0.39 is 6.29 Å². The molecule has 3 heteroatoms. The van der Waals surface area contributed by atoms with Crippen LogP contribution in [-0.4, -0.2) is 41.0 Å². The highest BCUT2D eigenvalue weighted by atomic mass is 16.5. The van der Waals surface area contributed by atoms with Gasteiger partial charge >= 0.3 is 0 Å². The van der Waals surface area contributed by atoms with E-state index in [1.807, 2.05) is 11.8 Å². The Morgan fingerprint density at radius 2 is 1.90 bits per heavy atom. The minimum absolute atomic E-state index is 0.365.